The molecule has 1 aromatic rings. The molecule has 1 aliphatic carbocycles. The van der Waals surface area contributed by atoms with E-state index in [0.29, 0.717) is 17.4 Å². The number of nitrogens with one attached hydrogen (secondary N) is 1. The minimum atomic E-state index is -0.0225. The van der Waals surface area contributed by atoms with Gasteiger partial charge in [0.25, 0.3) is 5.91 Å². The maximum Gasteiger partial charge on any atom is 0.251 e. The van der Waals surface area contributed by atoms with E-state index in [0.717, 1.165) is 12.0 Å². The van der Waals surface area contributed by atoms with Crippen molar-refractivity contribution in [3.8, 4) is 5.75 Å². The van der Waals surface area contributed by atoms with E-state index in [1.54, 1.807) is 18.2 Å². The highest BCUT2D eigenvalue weighted by atomic mass is 16.3. The molecule has 2 rings (SSSR count). The number of phenols is 1. The Labute approximate surface area is 121 Å². The number of hydrogen-bond acceptors (Lipinski definition) is 2. The van der Waals surface area contributed by atoms with E-state index in [-0.39, 0.29) is 17.7 Å². The Kier molecular flexibility index (Phi) is 4.69. The second kappa shape index (κ2) is 6.29. The quantitative estimate of drug-likeness (QED) is 0.884. The molecule has 3 heteroatoms. The number of amides is 1. The fourth-order valence-corrected chi connectivity index (χ4v) is 3.19. The van der Waals surface area contributed by atoms with E-state index in [2.05, 4.69) is 19.2 Å². The Morgan fingerprint density at radius 3 is 2.65 bits per heavy atom. The fourth-order valence-electron chi connectivity index (χ4n) is 3.19. The molecule has 0 heterocycles. The lowest BCUT2D eigenvalue weighted by Gasteiger charge is -2.34. The first kappa shape index (κ1) is 14.9. The van der Waals surface area contributed by atoms with Crippen LogP contribution in [0.25, 0.3) is 0 Å². The van der Waals surface area contributed by atoms with Gasteiger partial charge in [0.1, 0.15) is 5.75 Å². The van der Waals surface area contributed by atoms with E-state index in [9.17, 15) is 9.90 Å². The molecule has 3 nitrogen and oxygen atoms in total. The van der Waals surface area contributed by atoms with Crippen LogP contribution in [0.1, 0.15) is 55.5 Å². The molecule has 1 aromatic carbocycles. The summed E-state index contributed by atoms with van der Waals surface area (Å²) in [4.78, 5) is 12.4. The van der Waals surface area contributed by atoms with Crippen LogP contribution in [0.5, 0.6) is 5.75 Å². The third kappa shape index (κ3) is 3.33. The van der Waals surface area contributed by atoms with Crippen molar-refractivity contribution in [2.24, 2.45) is 11.8 Å². The molecule has 2 unspecified atom stereocenters. The lowest BCUT2D eigenvalue weighted by Crippen LogP contribution is -2.43. The summed E-state index contributed by atoms with van der Waals surface area (Å²) < 4.78 is 0. The van der Waals surface area contributed by atoms with Gasteiger partial charge >= 0.3 is 0 Å². The van der Waals surface area contributed by atoms with Crippen molar-refractivity contribution in [2.45, 2.75) is 52.5 Å². The predicted octanol–water partition coefficient (Wildman–Crippen LogP) is 3.65. The van der Waals surface area contributed by atoms with Gasteiger partial charge in [-0.05, 0) is 55.4 Å². The summed E-state index contributed by atoms with van der Waals surface area (Å²) in [5.41, 5.74) is 1.37. The largest absolute Gasteiger partial charge is 0.508 e. The van der Waals surface area contributed by atoms with Crippen LogP contribution in [0.3, 0.4) is 0 Å². The first-order valence-corrected chi connectivity index (χ1v) is 7.59. The average Bonchev–Trinajstić information content (AvgIpc) is 2.42. The molecular weight excluding hydrogens is 250 g/mol. The highest BCUT2D eigenvalue weighted by Crippen LogP contribution is 2.30. The molecule has 1 amide bonds. The SMILES string of the molecule is Cc1cc(C(=O)NC2CCCCC2C(C)C)ccc1O. The Bertz CT molecular complexity index is 482. The predicted molar refractivity (Wildman–Crippen MR) is 80.9 cm³/mol. The molecule has 0 aromatic heterocycles. The monoisotopic (exact) mass is 275 g/mol. The number of carbonyl (C=O) groups excluding carboxylic acids is 1. The lowest BCUT2D eigenvalue weighted by atomic mass is 9.78. The van der Waals surface area contributed by atoms with Gasteiger partial charge < -0.3 is 10.4 Å². The highest BCUT2D eigenvalue weighted by molar-refractivity contribution is 5.94. The Hall–Kier alpha value is -1.51. The molecule has 20 heavy (non-hydrogen) atoms. The molecule has 2 N–H and O–H groups in total. The van der Waals surface area contributed by atoms with Gasteiger partial charge in [0, 0.05) is 11.6 Å². The number of carbonyl (C=O) groups is 1. The molecule has 2 atom stereocenters. The number of aromatic hydroxyl groups is 1. The fraction of sp³-hybridized carbons (Fsp3) is 0.588. The van der Waals surface area contributed by atoms with Gasteiger partial charge in [-0.15, -0.1) is 0 Å². The molecule has 0 radical (unpaired) electrons. The zero-order chi connectivity index (χ0) is 14.7. The molecular formula is C17H25NO2. The minimum Gasteiger partial charge on any atom is -0.508 e. The number of rotatable bonds is 3. The van der Waals surface area contributed by atoms with Crippen LogP contribution >= 0.6 is 0 Å². The van der Waals surface area contributed by atoms with Crippen LogP contribution < -0.4 is 5.32 Å². The number of aryl methyl sites for hydroxylation is 1. The first-order chi connectivity index (χ1) is 9.49. The topological polar surface area (TPSA) is 49.3 Å². The van der Waals surface area contributed by atoms with E-state index in [1.165, 1.54) is 19.3 Å². The van der Waals surface area contributed by atoms with Gasteiger partial charge in [-0.25, -0.2) is 0 Å². The van der Waals surface area contributed by atoms with Crippen LogP contribution in [-0.2, 0) is 0 Å². The van der Waals surface area contributed by atoms with E-state index in [1.807, 2.05) is 6.92 Å². The summed E-state index contributed by atoms with van der Waals surface area (Å²) in [7, 11) is 0. The second-order valence-corrected chi connectivity index (χ2v) is 6.27. The standard InChI is InChI=1S/C17H25NO2/c1-11(2)14-6-4-5-7-15(14)18-17(20)13-8-9-16(19)12(3)10-13/h8-11,14-15,19H,4-7H2,1-3H3,(H,18,20). The molecule has 1 fully saturated rings. The minimum absolute atomic E-state index is 0.0225. The van der Waals surface area contributed by atoms with Crippen molar-refractivity contribution in [3.05, 3.63) is 29.3 Å². The van der Waals surface area contributed by atoms with E-state index in [4.69, 9.17) is 0 Å². The van der Waals surface area contributed by atoms with Crippen LogP contribution in [0.2, 0.25) is 0 Å². The van der Waals surface area contributed by atoms with Crippen LogP contribution in [0.15, 0.2) is 18.2 Å². The van der Waals surface area contributed by atoms with Crippen LogP contribution in [0.4, 0.5) is 0 Å². The lowest BCUT2D eigenvalue weighted by molar-refractivity contribution is 0.0889. The maximum atomic E-state index is 12.4. The number of phenolic OH excluding ortho intramolecular Hbond substituents is 1. The summed E-state index contributed by atoms with van der Waals surface area (Å²) in [6.45, 7) is 6.28. The molecule has 1 aliphatic rings. The Morgan fingerprint density at radius 2 is 2.00 bits per heavy atom. The van der Waals surface area contributed by atoms with Crippen LogP contribution in [-0.4, -0.2) is 17.1 Å². The first-order valence-electron chi connectivity index (χ1n) is 7.59. The summed E-state index contributed by atoms with van der Waals surface area (Å²) in [5, 5.41) is 12.7. The van der Waals surface area contributed by atoms with Crippen molar-refractivity contribution < 1.29 is 9.90 Å². The van der Waals surface area contributed by atoms with Gasteiger partial charge in [-0.2, -0.15) is 0 Å². The van der Waals surface area contributed by atoms with Crippen molar-refractivity contribution in [1.29, 1.82) is 0 Å². The van der Waals surface area contributed by atoms with Crippen molar-refractivity contribution in [3.63, 3.8) is 0 Å². The van der Waals surface area contributed by atoms with E-state index < -0.39 is 0 Å². The normalized spacial score (nSPS) is 22.8. The zero-order valence-corrected chi connectivity index (χ0v) is 12.6. The smallest absolute Gasteiger partial charge is 0.251 e. The Balaban J connectivity index is 2.07. The number of benzene rings is 1. The highest BCUT2D eigenvalue weighted by Gasteiger charge is 2.28. The third-order valence-corrected chi connectivity index (χ3v) is 4.45. The molecule has 0 bridgehead atoms. The van der Waals surface area contributed by atoms with Gasteiger partial charge in [-0.1, -0.05) is 26.7 Å². The van der Waals surface area contributed by atoms with Crippen molar-refractivity contribution in [1.82, 2.24) is 5.32 Å². The van der Waals surface area contributed by atoms with Crippen LogP contribution in [0, 0.1) is 18.8 Å². The summed E-state index contributed by atoms with van der Waals surface area (Å²) >= 11 is 0. The summed E-state index contributed by atoms with van der Waals surface area (Å²) in [6.07, 6.45) is 4.75. The van der Waals surface area contributed by atoms with E-state index >= 15 is 0 Å². The molecule has 1 saturated carbocycles. The second-order valence-electron chi connectivity index (χ2n) is 6.27. The summed E-state index contributed by atoms with van der Waals surface area (Å²) in [5.74, 6) is 1.39. The number of hydrogen-bond donors (Lipinski definition) is 2. The summed E-state index contributed by atoms with van der Waals surface area (Å²) in [6, 6.07) is 5.30. The van der Waals surface area contributed by atoms with Gasteiger partial charge in [0.2, 0.25) is 0 Å². The Morgan fingerprint density at radius 1 is 1.30 bits per heavy atom. The van der Waals surface area contributed by atoms with Gasteiger partial charge in [0.05, 0.1) is 0 Å². The third-order valence-electron chi connectivity index (χ3n) is 4.45. The molecule has 0 aliphatic heterocycles. The van der Waals surface area contributed by atoms with Crippen molar-refractivity contribution >= 4 is 5.91 Å². The van der Waals surface area contributed by atoms with Gasteiger partial charge in [0.15, 0.2) is 0 Å². The molecule has 110 valence electrons. The van der Waals surface area contributed by atoms with Crippen molar-refractivity contribution in [2.75, 3.05) is 0 Å². The maximum absolute atomic E-state index is 12.4. The zero-order valence-electron chi connectivity index (χ0n) is 12.6. The van der Waals surface area contributed by atoms with Gasteiger partial charge in [-0.3, -0.25) is 4.79 Å². The molecule has 0 saturated heterocycles. The average molecular weight is 275 g/mol. The molecule has 0 spiro atoms.